The molecule has 10 heteroatoms. The molecule has 1 N–H and O–H groups in total. The Morgan fingerprint density at radius 1 is 0.891 bits per heavy atom. The molecule has 4 rings (SSSR count). The number of hydrogen-bond donors (Lipinski definition) is 1. The lowest BCUT2D eigenvalue weighted by Crippen LogP contribution is -2.54. The van der Waals surface area contributed by atoms with Gasteiger partial charge in [0.05, 0.1) is 17.7 Å². The molecule has 0 saturated carbocycles. The average molecular weight is 662 g/mol. The number of methoxy groups -OCH3 is 1. The SMILES string of the molecule is CC[C@H](C)NC(=O)[C@@H](Cc1ccccc1)N(Cc1cccc(Cl)c1)C(=O)CN(c1ccc(C)cc1)S(=O)(=O)c1ccc(OC)cc1. The van der Waals surface area contributed by atoms with Gasteiger partial charge in [0.1, 0.15) is 18.3 Å². The number of ether oxygens (including phenoxy) is 1. The van der Waals surface area contributed by atoms with Crippen molar-refractivity contribution in [3.8, 4) is 5.75 Å². The Hall–Kier alpha value is -4.34. The van der Waals surface area contributed by atoms with Gasteiger partial charge in [0.2, 0.25) is 11.8 Å². The van der Waals surface area contributed by atoms with E-state index < -0.39 is 28.5 Å². The zero-order valence-corrected chi connectivity index (χ0v) is 28.1. The second kappa shape index (κ2) is 15.8. The highest BCUT2D eigenvalue weighted by atomic mass is 35.5. The van der Waals surface area contributed by atoms with E-state index in [-0.39, 0.29) is 29.8 Å². The van der Waals surface area contributed by atoms with Crippen LogP contribution in [0.3, 0.4) is 0 Å². The summed E-state index contributed by atoms with van der Waals surface area (Å²) in [5, 5.41) is 3.52. The van der Waals surface area contributed by atoms with Crippen molar-refractivity contribution in [3.05, 3.63) is 125 Å². The van der Waals surface area contributed by atoms with Gasteiger partial charge in [-0.2, -0.15) is 0 Å². The summed E-state index contributed by atoms with van der Waals surface area (Å²) >= 11 is 6.31. The first kappa shape index (κ1) is 34.5. The maximum absolute atomic E-state index is 14.5. The zero-order valence-electron chi connectivity index (χ0n) is 26.5. The number of carbonyl (C=O) groups excluding carboxylic acids is 2. The molecule has 0 radical (unpaired) electrons. The maximum atomic E-state index is 14.5. The van der Waals surface area contributed by atoms with Crippen LogP contribution in [0.4, 0.5) is 5.69 Å². The van der Waals surface area contributed by atoms with Crippen molar-refractivity contribution < 1.29 is 22.7 Å². The Morgan fingerprint density at radius 3 is 2.15 bits per heavy atom. The molecule has 0 fully saturated rings. The summed E-state index contributed by atoms with van der Waals surface area (Å²) in [6, 6.07) is 28.4. The Bertz CT molecular complexity index is 1720. The van der Waals surface area contributed by atoms with Gasteiger partial charge < -0.3 is 15.0 Å². The van der Waals surface area contributed by atoms with Crippen molar-refractivity contribution in [2.45, 2.75) is 57.1 Å². The number of anilines is 1. The van der Waals surface area contributed by atoms with Crippen molar-refractivity contribution in [2.75, 3.05) is 18.0 Å². The number of rotatable bonds is 14. The van der Waals surface area contributed by atoms with Crippen molar-refractivity contribution in [1.29, 1.82) is 0 Å². The van der Waals surface area contributed by atoms with Gasteiger partial charge in [-0.25, -0.2) is 8.42 Å². The topological polar surface area (TPSA) is 96.0 Å². The monoisotopic (exact) mass is 661 g/mol. The standard InChI is InChI=1S/C36H40ClN3O5S/c1-5-27(3)38-36(42)34(23-28-10-7-6-8-11-28)39(24-29-12-9-13-30(37)22-29)35(41)25-40(31-16-14-26(2)15-17-31)46(43,44)33-20-18-32(45-4)19-21-33/h6-22,27,34H,5,23-25H2,1-4H3,(H,38,42)/t27-,34+/m0/s1. The minimum atomic E-state index is -4.22. The third-order valence-electron chi connectivity index (χ3n) is 7.76. The number of amides is 2. The van der Waals surface area contributed by atoms with Crippen LogP contribution in [0.5, 0.6) is 5.75 Å². The molecule has 0 bridgehead atoms. The molecule has 0 saturated heterocycles. The van der Waals surface area contributed by atoms with Gasteiger partial charge in [-0.05, 0) is 79.9 Å². The smallest absolute Gasteiger partial charge is 0.264 e. The molecule has 0 aliphatic rings. The van der Waals surface area contributed by atoms with Crippen molar-refractivity contribution in [3.63, 3.8) is 0 Å². The second-order valence-electron chi connectivity index (χ2n) is 11.2. The summed E-state index contributed by atoms with van der Waals surface area (Å²) in [6.07, 6.45) is 0.929. The maximum Gasteiger partial charge on any atom is 0.264 e. The fraction of sp³-hybridized carbons (Fsp3) is 0.278. The first-order valence-electron chi connectivity index (χ1n) is 15.1. The summed E-state index contributed by atoms with van der Waals surface area (Å²) in [6.45, 7) is 5.26. The Balaban J connectivity index is 1.80. The van der Waals surface area contributed by atoms with Crippen LogP contribution in [0.15, 0.2) is 108 Å². The quantitative estimate of drug-likeness (QED) is 0.169. The minimum absolute atomic E-state index is 0.00147. The Morgan fingerprint density at radius 2 is 1.54 bits per heavy atom. The molecule has 2 amide bonds. The van der Waals surface area contributed by atoms with E-state index in [0.717, 1.165) is 15.4 Å². The summed E-state index contributed by atoms with van der Waals surface area (Å²) in [7, 11) is -2.72. The first-order valence-corrected chi connectivity index (χ1v) is 16.9. The van der Waals surface area contributed by atoms with Gasteiger partial charge in [0.15, 0.2) is 0 Å². The number of nitrogens with one attached hydrogen (secondary N) is 1. The van der Waals surface area contributed by atoms with Gasteiger partial charge in [0, 0.05) is 24.0 Å². The van der Waals surface area contributed by atoms with E-state index in [1.807, 2.05) is 57.2 Å². The molecule has 8 nitrogen and oxygen atoms in total. The Labute approximate surface area is 277 Å². The molecular weight excluding hydrogens is 622 g/mol. The number of nitrogens with zero attached hydrogens (tertiary/aromatic N) is 2. The largest absolute Gasteiger partial charge is 0.497 e. The van der Waals surface area contributed by atoms with Crippen LogP contribution in [0, 0.1) is 6.92 Å². The van der Waals surface area contributed by atoms with E-state index in [9.17, 15) is 18.0 Å². The molecule has 2 atom stereocenters. The van der Waals surface area contributed by atoms with E-state index >= 15 is 0 Å². The highest BCUT2D eigenvalue weighted by Crippen LogP contribution is 2.27. The summed E-state index contributed by atoms with van der Waals surface area (Å²) in [5.74, 6) is -0.368. The molecule has 4 aromatic carbocycles. The van der Waals surface area contributed by atoms with E-state index in [1.165, 1.54) is 24.1 Å². The third-order valence-corrected chi connectivity index (χ3v) is 9.79. The van der Waals surface area contributed by atoms with Gasteiger partial charge in [-0.1, -0.05) is 78.7 Å². The van der Waals surface area contributed by atoms with Gasteiger partial charge >= 0.3 is 0 Å². The lowest BCUT2D eigenvalue weighted by Gasteiger charge is -2.34. The third kappa shape index (κ3) is 8.89. The Kier molecular flexibility index (Phi) is 11.8. The average Bonchev–Trinajstić information content (AvgIpc) is 3.06. The number of halogens is 1. The molecular formula is C36H40ClN3O5S. The highest BCUT2D eigenvalue weighted by Gasteiger charge is 2.35. The molecule has 0 aliphatic heterocycles. The van der Waals surface area contributed by atoms with Crippen molar-refractivity contribution in [2.24, 2.45) is 0 Å². The molecule has 0 heterocycles. The summed E-state index contributed by atoms with van der Waals surface area (Å²) in [4.78, 5) is 29.9. The van der Waals surface area contributed by atoms with Crippen molar-refractivity contribution >= 4 is 39.1 Å². The number of benzene rings is 4. The minimum Gasteiger partial charge on any atom is -0.497 e. The van der Waals surface area contributed by atoms with Gasteiger partial charge in [-0.15, -0.1) is 0 Å². The van der Waals surface area contributed by atoms with E-state index in [1.54, 1.807) is 54.6 Å². The lowest BCUT2D eigenvalue weighted by atomic mass is 10.0. The zero-order chi connectivity index (χ0) is 33.3. The number of sulfonamides is 1. The molecule has 4 aromatic rings. The molecule has 242 valence electrons. The number of hydrogen-bond acceptors (Lipinski definition) is 5. The number of aryl methyl sites for hydroxylation is 1. The fourth-order valence-corrected chi connectivity index (χ4v) is 6.57. The van der Waals surface area contributed by atoms with E-state index in [4.69, 9.17) is 16.3 Å². The number of carbonyl (C=O) groups is 2. The van der Waals surface area contributed by atoms with Crippen LogP contribution < -0.4 is 14.4 Å². The summed E-state index contributed by atoms with van der Waals surface area (Å²) < 4.78 is 34.7. The molecule has 0 aromatic heterocycles. The first-order chi connectivity index (χ1) is 22.0. The lowest BCUT2D eigenvalue weighted by molar-refractivity contribution is -0.140. The van der Waals surface area contributed by atoms with Gasteiger partial charge in [-0.3, -0.25) is 13.9 Å². The summed E-state index contributed by atoms with van der Waals surface area (Å²) in [5.41, 5.74) is 2.82. The van der Waals surface area contributed by atoms with E-state index in [0.29, 0.717) is 28.4 Å². The van der Waals surface area contributed by atoms with Crippen LogP contribution in [0.1, 0.15) is 37.0 Å². The van der Waals surface area contributed by atoms with Gasteiger partial charge in [0.25, 0.3) is 10.0 Å². The predicted molar refractivity (Wildman–Crippen MR) is 183 cm³/mol. The predicted octanol–water partition coefficient (Wildman–Crippen LogP) is 6.41. The highest BCUT2D eigenvalue weighted by molar-refractivity contribution is 7.92. The fourth-order valence-electron chi connectivity index (χ4n) is 4.94. The van der Waals surface area contributed by atoms with Crippen LogP contribution in [0.25, 0.3) is 0 Å². The second-order valence-corrected chi connectivity index (χ2v) is 13.5. The van der Waals surface area contributed by atoms with Crippen molar-refractivity contribution in [1.82, 2.24) is 10.2 Å². The molecule has 0 spiro atoms. The van der Waals surface area contributed by atoms with Crippen LogP contribution in [-0.4, -0.2) is 50.9 Å². The molecule has 46 heavy (non-hydrogen) atoms. The molecule has 0 aliphatic carbocycles. The van der Waals surface area contributed by atoms with Crippen LogP contribution in [0.2, 0.25) is 5.02 Å². The van der Waals surface area contributed by atoms with Crippen LogP contribution in [-0.2, 0) is 32.6 Å². The molecule has 0 unspecified atom stereocenters. The van der Waals surface area contributed by atoms with Crippen LogP contribution >= 0.6 is 11.6 Å². The van der Waals surface area contributed by atoms with E-state index in [2.05, 4.69) is 5.32 Å². The normalized spacial score (nSPS) is 12.5.